The van der Waals surface area contributed by atoms with E-state index in [2.05, 4.69) is 10.3 Å². The number of fused-ring (bicyclic) bond motifs is 1. The predicted octanol–water partition coefficient (Wildman–Crippen LogP) is 3.71. The number of carbonyl (C=O) groups excluding carboxylic acids is 1. The number of pyridine rings is 1. The van der Waals surface area contributed by atoms with Crippen LogP contribution in [-0.4, -0.2) is 15.5 Å². The molecule has 0 fully saturated rings. The lowest BCUT2D eigenvalue weighted by Gasteiger charge is -2.11. The van der Waals surface area contributed by atoms with Crippen LogP contribution < -0.4 is 10.9 Å². The molecule has 2 aromatic heterocycles. The number of rotatable bonds is 3. The van der Waals surface area contributed by atoms with Gasteiger partial charge in [-0.1, -0.05) is 18.2 Å². The number of nitrogens with zero attached hydrogens (tertiary/aromatic N) is 1. The number of H-pyrrole nitrogens is 1. The Kier molecular flexibility index (Phi) is 3.85. The number of amides is 1. The van der Waals surface area contributed by atoms with Gasteiger partial charge < -0.3 is 14.9 Å². The Labute approximate surface area is 147 Å². The number of halogens is 1. The van der Waals surface area contributed by atoms with Gasteiger partial charge in [-0.05, 0) is 36.4 Å². The van der Waals surface area contributed by atoms with Crippen molar-refractivity contribution in [3.05, 3.63) is 94.8 Å². The average Bonchev–Trinajstić information content (AvgIpc) is 3.17. The molecule has 4 rings (SSSR count). The van der Waals surface area contributed by atoms with E-state index in [1.807, 2.05) is 24.5 Å². The molecule has 0 saturated carbocycles. The van der Waals surface area contributed by atoms with Crippen molar-refractivity contribution in [3.63, 3.8) is 0 Å². The van der Waals surface area contributed by atoms with Gasteiger partial charge >= 0.3 is 0 Å². The molecule has 0 aliphatic rings. The second-order valence-corrected chi connectivity index (χ2v) is 5.80. The number of nitrogens with one attached hydrogen (secondary N) is 2. The predicted molar refractivity (Wildman–Crippen MR) is 98.2 cm³/mol. The fourth-order valence-corrected chi connectivity index (χ4v) is 2.86. The Bertz CT molecular complexity index is 1160. The van der Waals surface area contributed by atoms with E-state index in [0.717, 1.165) is 0 Å². The van der Waals surface area contributed by atoms with Crippen LogP contribution in [0.15, 0.2) is 77.9 Å². The highest BCUT2D eigenvalue weighted by Gasteiger charge is 2.14. The number of para-hydroxylation sites is 1. The summed E-state index contributed by atoms with van der Waals surface area (Å²) in [6, 6.07) is 16.3. The minimum atomic E-state index is -0.552. The number of hydrogen-bond donors (Lipinski definition) is 2. The van der Waals surface area contributed by atoms with E-state index >= 15 is 0 Å². The molecule has 0 aliphatic carbocycles. The summed E-state index contributed by atoms with van der Waals surface area (Å²) in [7, 11) is 0. The third kappa shape index (κ3) is 2.88. The van der Waals surface area contributed by atoms with Crippen LogP contribution in [0.2, 0.25) is 0 Å². The van der Waals surface area contributed by atoms with E-state index in [0.29, 0.717) is 16.6 Å². The molecule has 26 heavy (non-hydrogen) atoms. The first-order chi connectivity index (χ1) is 12.6. The summed E-state index contributed by atoms with van der Waals surface area (Å²) < 4.78 is 16.0. The van der Waals surface area contributed by atoms with Crippen LogP contribution in [-0.2, 0) is 0 Å². The number of aromatic nitrogens is 2. The zero-order valence-corrected chi connectivity index (χ0v) is 13.6. The second-order valence-electron chi connectivity index (χ2n) is 5.80. The van der Waals surface area contributed by atoms with Crippen LogP contribution in [0.4, 0.5) is 10.1 Å². The molecular formula is C20H14FN3O2. The van der Waals surface area contributed by atoms with E-state index in [1.54, 1.807) is 41.0 Å². The molecule has 0 radical (unpaired) electrons. The molecule has 2 N–H and O–H groups in total. The Morgan fingerprint density at radius 2 is 1.77 bits per heavy atom. The van der Waals surface area contributed by atoms with Gasteiger partial charge in [-0.3, -0.25) is 9.59 Å². The largest absolute Gasteiger partial charge is 0.324 e. The maximum atomic E-state index is 14.2. The molecule has 0 unspecified atom stereocenters. The van der Waals surface area contributed by atoms with E-state index in [-0.39, 0.29) is 11.3 Å². The molecule has 128 valence electrons. The van der Waals surface area contributed by atoms with Gasteiger partial charge in [0, 0.05) is 35.1 Å². The normalized spacial score (nSPS) is 10.8. The number of hydrogen-bond acceptors (Lipinski definition) is 2. The number of carbonyl (C=O) groups is 1. The van der Waals surface area contributed by atoms with Crippen molar-refractivity contribution in [1.29, 1.82) is 0 Å². The molecule has 0 aliphatic heterocycles. The third-order valence-corrected chi connectivity index (χ3v) is 4.10. The van der Waals surface area contributed by atoms with Gasteiger partial charge in [-0.15, -0.1) is 0 Å². The molecule has 0 atom stereocenters. The molecule has 2 heterocycles. The molecule has 0 saturated heterocycles. The van der Waals surface area contributed by atoms with Gasteiger partial charge in [-0.25, -0.2) is 4.39 Å². The second kappa shape index (κ2) is 6.33. The minimum Gasteiger partial charge on any atom is -0.324 e. The highest BCUT2D eigenvalue weighted by molar-refractivity contribution is 6.12. The first-order valence-corrected chi connectivity index (χ1v) is 7.98. The molecule has 0 spiro atoms. The Morgan fingerprint density at radius 3 is 2.58 bits per heavy atom. The van der Waals surface area contributed by atoms with Crippen molar-refractivity contribution in [2.75, 3.05) is 5.32 Å². The fraction of sp³-hybridized carbons (Fsp3) is 0. The van der Waals surface area contributed by atoms with Crippen LogP contribution in [0.1, 0.15) is 10.4 Å². The Hall–Kier alpha value is -3.67. The quantitative estimate of drug-likeness (QED) is 0.593. The van der Waals surface area contributed by atoms with Gasteiger partial charge in [0.05, 0.1) is 11.3 Å². The zero-order chi connectivity index (χ0) is 18.1. The molecule has 5 nitrogen and oxygen atoms in total. The zero-order valence-electron chi connectivity index (χ0n) is 13.6. The van der Waals surface area contributed by atoms with Gasteiger partial charge in [0.25, 0.3) is 5.91 Å². The average molecular weight is 347 g/mol. The standard InChI is InChI=1S/C20H14FN3O2/c21-16-8-7-13(24-9-3-4-10-24)11-18(16)23-20(26)15-12-19(25)22-17-6-2-1-5-14(15)17/h1-12H,(H,22,25)(H,23,26). The lowest BCUT2D eigenvalue weighted by atomic mass is 10.1. The molecule has 6 heteroatoms. The third-order valence-electron chi connectivity index (χ3n) is 4.10. The Balaban J connectivity index is 1.73. The first-order valence-electron chi connectivity index (χ1n) is 7.98. The van der Waals surface area contributed by atoms with E-state index in [9.17, 15) is 14.0 Å². The van der Waals surface area contributed by atoms with Gasteiger partial charge in [0.15, 0.2) is 0 Å². The summed E-state index contributed by atoms with van der Waals surface area (Å²) in [4.78, 5) is 27.2. The molecule has 0 bridgehead atoms. The van der Waals surface area contributed by atoms with E-state index < -0.39 is 17.3 Å². The van der Waals surface area contributed by atoms with Gasteiger partial charge in [0.2, 0.25) is 5.56 Å². The highest BCUT2D eigenvalue weighted by Crippen LogP contribution is 2.21. The van der Waals surface area contributed by atoms with Crippen LogP contribution >= 0.6 is 0 Å². The topological polar surface area (TPSA) is 66.9 Å². The summed E-state index contributed by atoms with van der Waals surface area (Å²) >= 11 is 0. The van der Waals surface area contributed by atoms with Crippen LogP contribution in [0.25, 0.3) is 16.6 Å². The summed E-state index contributed by atoms with van der Waals surface area (Å²) in [5, 5.41) is 3.16. The lowest BCUT2D eigenvalue weighted by Crippen LogP contribution is -2.17. The number of aromatic amines is 1. The van der Waals surface area contributed by atoms with Crippen molar-refractivity contribution in [2.24, 2.45) is 0 Å². The molecule has 4 aromatic rings. The summed E-state index contributed by atoms with van der Waals surface area (Å²) in [5.74, 6) is -1.10. The van der Waals surface area contributed by atoms with Crippen molar-refractivity contribution in [2.45, 2.75) is 0 Å². The summed E-state index contributed by atoms with van der Waals surface area (Å²) in [6.07, 6.45) is 3.65. The molecule has 1 amide bonds. The summed E-state index contributed by atoms with van der Waals surface area (Å²) in [6.45, 7) is 0. The van der Waals surface area contributed by atoms with Gasteiger partial charge in [0.1, 0.15) is 5.82 Å². The molecule has 2 aromatic carbocycles. The van der Waals surface area contributed by atoms with Crippen molar-refractivity contribution in [1.82, 2.24) is 9.55 Å². The monoisotopic (exact) mass is 347 g/mol. The highest BCUT2D eigenvalue weighted by atomic mass is 19.1. The van der Waals surface area contributed by atoms with E-state index in [4.69, 9.17) is 0 Å². The van der Waals surface area contributed by atoms with E-state index in [1.165, 1.54) is 12.1 Å². The first kappa shape index (κ1) is 15.8. The number of benzene rings is 2. The van der Waals surface area contributed by atoms with Crippen LogP contribution in [0.3, 0.4) is 0 Å². The van der Waals surface area contributed by atoms with Crippen molar-refractivity contribution < 1.29 is 9.18 Å². The van der Waals surface area contributed by atoms with Crippen LogP contribution in [0, 0.1) is 5.82 Å². The van der Waals surface area contributed by atoms with Crippen LogP contribution in [0.5, 0.6) is 0 Å². The van der Waals surface area contributed by atoms with Crippen molar-refractivity contribution in [3.8, 4) is 5.69 Å². The lowest BCUT2D eigenvalue weighted by molar-refractivity contribution is 0.102. The Morgan fingerprint density at radius 1 is 1.00 bits per heavy atom. The van der Waals surface area contributed by atoms with Crippen molar-refractivity contribution >= 4 is 22.5 Å². The molecular weight excluding hydrogens is 333 g/mol. The minimum absolute atomic E-state index is 0.0468. The summed E-state index contributed by atoms with van der Waals surface area (Å²) in [5.41, 5.74) is 1.10. The van der Waals surface area contributed by atoms with Gasteiger partial charge in [-0.2, -0.15) is 0 Å². The number of anilines is 1. The maximum absolute atomic E-state index is 14.2. The SMILES string of the molecule is O=C(Nc1cc(-n2cccc2)ccc1F)c1cc(=O)[nH]c2ccccc12. The maximum Gasteiger partial charge on any atom is 0.256 e. The smallest absolute Gasteiger partial charge is 0.256 e. The fourth-order valence-electron chi connectivity index (χ4n) is 2.86.